The number of benzene rings is 2. The van der Waals surface area contributed by atoms with Crippen LogP contribution in [0.15, 0.2) is 47.4 Å². The molecule has 0 spiro atoms. The minimum Gasteiger partial charge on any atom is -0.326 e. The van der Waals surface area contributed by atoms with Crippen molar-refractivity contribution in [2.24, 2.45) is 0 Å². The number of aryl methyl sites for hydroxylation is 1. The summed E-state index contributed by atoms with van der Waals surface area (Å²) in [5, 5.41) is 2.78. The van der Waals surface area contributed by atoms with Crippen LogP contribution in [0.5, 0.6) is 0 Å². The van der Waals surface area contributed by atoms with Crippen molar-refractivity contribution in [3.63, 3.8) is 0 Å². The molecule has 0 aromatic heterocycles. The molecule has 0 radical (unpaired) electrons. The van der Waals surface area contributed by atoms with Crippen LogP contribution in [0.1, 0.15) is 34.8 Å². The molecule has 2 rings (SSSR count). The monoisotopic (exact) mass is 374 g/mol. The van der Waals surface area contributed by atoms with Gasteiger partial charge in [0.2, 0.25) is 15.9 Å². The van der Waals surface area contributed by atoms with Gasteiger partial charge in [0.25, 0.3) is 0 Å². The minimum atomic E-state index is -3.78. The molecule has 2 N–H and O–H groups in total. The first kappa shape index (κ1) is 19.8. The van der Waals surface area contributed by atoms with Crippen LogP contribution in [0.4, 0.5) is 5.69 Å². The summed E-state index contributed by atoms with van der Waals surface area (Å²) in [6, 6.07) is 11.4. The van der Waals surface area contributed by atoms with E-state index in [9.17, 15) is 18.0 Å². The van der Waals surface area contributed by atoms with Crippen molar-refractivity contribution >= 4 is 27.4 Å². The van der Waals surface area contributed by atoms with Gasteiger partial charge in [-0.2, -0.15) is 0 Å². The van der Waals surface area contributed by atoms with E-state index in [1.165, 1.54) is 25.1 Å². The molecule has 1 amide bonds. The molecule has 2 aromatic carbocycles. The first-order valence-electron chi connectivity index (χ1n) is 8.17. The van der Waals surface area contributed by atoms with Crippen molar-refractivity contribution in [3.05, 3.63) is 59.2 Å². The van der Waals surface area contributed by atoms with E-state index in [0.29, 0.717) is 11.3 Å². The van der Waals surface area contributed by atoms with Crippen molar-refractivity contribution in [1.82, 2.24) is 4.72 Å². The Kier molecular flexibility index (Phi) is 6.28. The normalized spacial score (nSPS) is 11.2. The predicted molar refractivity (Wildman–Crippen MR) is 101 cm³/mol. The standard InChI is InChI=1S/C19H22N2O4S/c1-13-6-4-9-18(14(13)2)21-19(23)10-11-20-26(24,25)17-8-5-7-16(12-17)15(3)22/h4-9,12,20H,10-11H2,1-3H3,(H,21,23). The van der Waals surface area contributed by atoms with Gasteiger partial charge >= 0.3 is 0 Å². The average Bonchev–Trinajstić information content (AvgIpc) is 2.59. The zero-order chi connectivity index (χ0) is 19.3. The summed E-state index contributed by atoms with van der Waals surface area (Å²) in [7, 11) is -3.78. The Labute approximate surface area is 153 Å². The van der Waals surface area contributed by atoms with E-state index in [0.717, 1.165) is 11.1 Å². The summed E-state index contributed by atoms with van der Waals surface area (Å²) >= 11 is 0. The zero-order valence-corrected chi connectivity index (χ0v) is 15.8. The zero-order valence-electron chi connectivity index (χ0n) is 15.0. The van der Waals surface area contributed by atoms with Crippen LogP contribution in [-0.4, -0.2) is 26.7 Å². The lowest BCUT2D eigenvalue weighted by molar-refractivity contribution is -0.116. The van der Waals surface area contributed by atoms with Crippen molar-refractivity contribution in [2.75, 3.05) is 11.9 Å². The van der Waals surface area contributed by atoms with E-state index in [4.69, 9.17) is 0 Å². The molecule has 138 valence electrons. The molecule has 0 aliphatic heterocycles. The van der Waals surface area contributed by atoms with Crippen LogP contribution < -0.4 is 10.0 Å². The summed E-state index contributed by atoms with van der Waals surface area (Å²) in [6.45, 7) is 5.20. The molecular weight excluding hydrogens is 352 g/mol. The van der Waals surface area contributed by atoms with Crippen molar-refractivity contribution in [2.45, 2.75) is 32.1 Å². The van der Waals surface area contributed by atoms with Gasteiger partial charge in [-0.1, -0.05) is 24.3 Å². The number of carbonyl (C=O) groups is 2. The Hall–Kier alpha value is -2.51. The second-order valence-electron chi connectivity index (χ2n) is 6.03. The molecule has 0 atom stereocenters. The van der Waals surface area contributed by atoms with Gasteiger partial charge in [-0.3, -0.25) is 9.59 Å². The van der Waals surface area contributed by atoms with Crippen LogP contribution in [0, 0.1) is 13.8 Å². The molecule has 0 fully saturated rings. The van der Waals surface area contributed by atoms with Crippen molar-refractivity contribution in [1.29, 1.82) is 0 Å². The van der Waals surface area contributed by atoms with Gasteiger partial charge in [0, 0.05) is 24.2 Å². The summed E-state index contributed by atoms with van der Waals surface area (Å²) in [5.74, 6) is -0.492. The third kappa shape index (κ3) is 5.00. The second-order valence-corrected chi connectivity index (χ2v) is 7.79. The SMILES string of the molecule is CC(=O)c1cccc(S(=O)(=O)NCCC(=O)Nc2cccc(C)c2C)c1. The van der Waals surface area contributed by atoms with Crippen LogP contribution in [0.3, 0.4) is 0 Å². The van der Waals surface area contributed by atoms with Gasteiger partial charge in [0.15, 0.2) is 5.78 Å². The van der Waals surface area contributed by atoms with E-state index in [-0.39, 0.29) is 29.6 Å². The quantitative estimate of drug-likeness (QED) is 0.729. The highest BCUT2D eigenvalue weighted by Crippen LogP contribution is 2.18. The lowest BCUT2D eigenvalue weighted by Gasteiger charge is -2.11. The third-order valence-corrected chi connectivity index (χ3v) is 5.53. The Morgan fingerprint density at radius 3 is 2.42 bits per heavy atom. The highest BCUT2D eigenvalue weighted by molar-refractivity contribution is 7.89. The van der Waals surface area contributed by atoms with Crippen molar-refractivity contribution < 1.29 is 18.0 Å². The van der Waals surface area contributed by atoms with Gasteiger partial charge in [-0.05, 0) is 50.1 Å². The molecule has 0 aliphatic carbocycles. The number of hydrogen-bond donors (Lipinski definition) is 2. The molecule has 7 heteroatoms. The fourth-order valence-corrected chi connectivity index (χ4v) is 3.44. The van der Waals surface area contributed by atoms with Crippen LogP contribution in [-0.2, 0) is 14.8 Å². The lowest BCUT2D eigenvalue weighted by Crippen LogP contribution is -2.28. The van der Waals surface area contributed by atoms with Crippen LogP contribution in [0.2, 0.25) is 0 Å². The average molecular weight is 374 g/mol. The number of nitrogens with one attached hydrogen (secondary N) is 2. The van der Waals surface area contributed by atoms with Gasteiger partial charge in [-0.15, -0.1) is 0 Å². The molecular formula is C19H22N2O4S. The number of rotatable bonds is 7. The molecule has 0 saturated heterocycles. The predicted octanol–water partition coefficient (Wildman–Crippen LogP) is 2.81. The smallest absolute Gasteiger partial charge is 0.240 e. The molecule has 0 aliphatic rings. The van der Waals surface area contributed by atoms with Crippen molar-refractivity contribution in [3.8, 4) is 0 Å². The lowest BCUT2D eigenvalue weighted by atomic mass is 10.1. The Morgan fingerprint density at radius 1 is 1.04 bits per heavy atom. The summed E-state index contributed by atoms with van der Waals surface area (Å²) in [5.41, 5.74) is 3.07. The first-order valence-corrected chi connectivity index (χ1v) is 9.66. The number of hydrogen-bond acceptors (Lipinski definition) is 4. The van der Waals surface area contributed by atoms with Gasteiger partial charge in [0.1, 0.15) is 0 Å². The summed E-state index contributed by atoms with van der Waals surface area (Å²) in [4.78, 5) is 23.4. The molecule has 2 aromatic rings. The van der Waals surface area contributed by atoms with Crippen LogP contribution >= 0.6 is 0 Å². The summed E-state index contributed by atoms with van der Waals surface area (Å²) < 4.78 is 27.0. The Balaban J connectivity index is 1.96. The Bertz CT molecular complexity index is 936. The van der Waals surface area contributed by atoms with Gasteiger partial charge in [-0.25, -0.2) is 13.1 Å². The molecule has 0 saturated carbocycles. The highest BCUT2D eigenvalue weighted by Gasteiger charge is 2.16. The van der Waals surface area contributed by atoms with E-state index in [2.05, 4.69) is 10.0 Å². The first-order chi connectivity index (χ1) is 12.2. The fourth-order valence-electron chi connectivity index (χ4n) is 2.36. The second kappa shape index (κ2) is 8.25. The van der Waals surface area contributed by atoms with E-state index in [1.807, 2.05) is 26.0 Å². The van der Waals surface area contributed by atoms with Crippen LogP contribution in [0.25, 0.3) is 0 Å². The maximum absolute atomic E-state index is 12.3. The van der Waals surface area contributed by atoms with E-state index < -0.39 is 10.0 Å². The minimum absolute atomic E-state index is 0.000127. The number of Topliss-reactive ketones (excluding diaryl/α,β-unsaturated/α-hetero) is 1. The molecule has 0 unspecified atom stereocenters. The maximum atomic E-state index is 12.3. The number of ketones is 1. The Morgan fingerprint density at radius 2 is 1.73 bits per heavy atom. The number of carbonyl (C=O) groups excluding carboxylic acids is 2. The van der Waals surface area contributed by atoms with Gasteiger partial charge < -0.3 is 5.32 Å². The highest BCUT2D eigenvalue weighted by atomic mass is 32.2. The molecule has 0 heterocycles. The number of sulfonamides is 1. The molecule has 6 nitrogen and oxygen atoms in total. The largest absolute Gasteiger partial charge is 0.326 e. The van der Waals surface area contributed by atoms with E-state index in [1.54, 1.807) is 12.1 Å². The summed E-state index contributed by atoms with van der Waals surface area (Å²) in [6.07, 6.45) is -0.000981. The number of anilines is 1. The molecule has 0 bridgehead atoms. The fraction of sp³-hybridized carbons (Fsp3) is 0.263. The topological polar surface area (TPSA) is 92.3 Å². The third-order valence-electron chi connectivity index (χ3n) is 4.07. The number of amides is 1. The molecule has 26 heavy (non-hydrogen) atoms. The van der Waals surface area contributed by atoms with E-state index >= 15 is 0 Å². The maximum Gasteiger partial charge on any atom is 0.240 e. The van der Waals surface area contributed by atoms with Gasteiger partial charge in [0.05, 0.1) is 4.90 Å².